The Morgan fingerprint density at radius 3 is 2.78 bits per heavy atom. The van der Waals surface area contributed by atoms with E-state index in [4.69, 9.17) is 14.6 Å². The zero-order valence-electron chi connectivity index (χ0n) is 13.5. The van der Waals surface area contributed by atoms with Crippen molar-refractivity contribution in [1.29, 1.82) is 0 Å². The minimum atomic E-state index is -0.879. The fraction of sp³-hybridized carbons (Fsp3) is 0.529. The Balaban J connectivity index is 1.98. The van der Waals surface area contributed by atoms with Crippen LogP contribution in [0.2, 0.25) is 0 Å². The normalized spacial score (nSPS) is 20.9. The lowest BCUT2D eigenvalue weighted by Crippen LogP contribution is -2.50. The number of piperidine rings is 1. The molecule has 2 unspecified atom stereocenters. The molecular formula is C17H23NO5. The van der Waals surface area contributed by atoms with Crippen molar-refractivity contribution in [2.75, 3.05) is 20.3 Å². The number of aliphatic carboxylic acids is 1. The lowest BCUT2D eigenvalue weighted by molar-refractivity contribution is -0.144. The molecule has 1 aromatic rings. The molecular weight excluding hydrogens is 298 g/mol. The highest BCUT2D eigenvalue weighted by molar-refractivity contribution is 5.79. The lowest BCUT2D eigenvalue weighted by Gasteiger charge is -2.39. The van der Waals surface area contributed by atoms with E-state index in [1.165, 1.54) is 0 Å². The molecule has 23 heavy (non-hydrogen) atoms. The maximum atomic E-state index is 12.4. The molecule has 1 aliphatic rings. The molecule has 6 nitrogen and oxygen atoms in total. The van der Waals surface area contributed by atoms with Gasteiger partial charge in [-0.25, -0.2) is 0 Å². The number of hydrogen-bond donors (Lipinski definition) is 1. The third kappa shape index (κ3) is 4.61. The van der Waals surface area contributed by atoms with Crippen LogP contribution in [-0.4, -0.2) is 48.2 Å². The third-order valence-corrected chi connectivity index (χ3v) is 4.22. The van der Waals surface area contributed by atoms with Gasteiger partial charge in [-0.2, -0.15) is 0 Å². The molecule has 1 aromatic carbocycles. The topological polar surface area (TPSA) is 76.1 Å². The molecule has 1 fully saturated rings. The fourth-order valence-electron chi connectivity index (χ4n) is 2.97. The molecule has 0 radical (unpaired) electrons. The summed E-state index contributed by atoms with van der Waals surface area (Å²) in [7, 11) is 1.57. The smallest absolute Gasteiger partial charge is 0.305 e. The Bertz CT molecular complexity index is 560. The summed E-state index contributed by atoms with van der Waals surface area (Å²) in [5.74, 6) is 0.337. The predicted octanol–water partition coefficient (Wildman–Crippen LogP) is 2.18. The summed E-state index contributed by atoms with van der Waals surface area (Å²) < 4.78 is 10.6. The van der Waals surface area contributed by atoms with Crippen LogP contribution in [0, 0.1) is 5.92 Å². The van der Waals surface area contributed by atoms with E-state index in [0.717, 1.165) is 12.8 Å². The monoisotopic (exact) mass is 321 g/mol. The van der Waals surface area contributed by atoms with Gasteiger partial charge in [0.15, 0.2) is 6.61 Å². The number of rotatable bonds is 6. The second-order valence-corrected chi connectivity index (χ2v) is 5.84. The minimum Gasteiger partial charge on any atom is -0.497 e. The fourth-order valence-corrected chi connectivity index (χ4v) is 2.97. The number of benzene rings is 1. The van der Waals surface area contributed by atoms with Crippen molar-refractivity contribution < 1.29 is 24.2 Å². The number of amides is 1. The maximum absolute atomic E-state index is 12.4. The van der Waals surface area contributed by atoms with Gasteiger partial charge in [0.05, 0.1) is 13.5 Å². The highest BCUT2D eigenvalue weighted by atomic mass is 16.5. The second-order valence-electron chi connectivity index (χ2n) is 5.84. The quantitative estimate of drug-likeness (QED) is 0.869. The number of ether oxygens (including phenoxy) is 2. The van der Waals surface area contributed by atoms with E-state index in [9.17, 15) is 9.59 Å². The van der Waals surface area contributed by atoms with Crippen LogP contribution in [-0.2, 0) is 9.59 Å². The minimum absolute atomic E-state index is 0.0218. The summed E-state index contributed by atoms with van der Waals surface area (Å²) in [5.41, 5.74) is 0. The van der Waals surface area contributed by atoms with Crippen molar-refractivity contribution in [3.8, 4) is 11.5 Å². The van der Waals surface area contributed by atoms with Crippen LogP contribution >= 0.6 is 0 Å². The Morgan fingerprint density at radius 1 is 1.35 bits per heavy atom. The van der Waals surface area contributed by atoms with Crippen LogP contribution in [0.25, 0.3) is 0 Å². The molecule has 1 amide bonds. The SMILES string of the molecule is COc1cccc(OCC(=O)N2CCCC(C)C2CC(=O)O)c1. The van der Waals surface area contributed by atoms with Crippen molar-refractivity contribution >= 4 is 11.9 Å². The van der Waals surface area contributed by atoms with E-state index in [1.54, 1.807) is 36.3 Å². The number of nitrogens with zero attached hydrogens (tertiary/aromatic N) is 1. The first-order valence-electron chi connectivity index (χ1n) is 7.79. The summed E-state index contributed by atoms with van der Waals surface area (Å²) in [6.45, 7) is 2.48. The van der Waals surface area contributed by atoms with Crippen molar-refractivity contribution in [1.82, 2.24) is 4.90 Å². The molecule has 0 saturated carbocycles. The second kappa shape index (κ2) is 7.85. The Morgan fingerprint density at radius 2 is 2.09 bits per heavy atom. The van der Waals surface area contributed by atoms with Gasteiger partial charge < -0.3 is 19.5 Å². The van der Waals surface area contributed by atoms with Crippen LogP contribution in [0.3, 0.4) is 0 Å². The standard InChI is InChI=1S/C17H23NO5/c1-12-5-4-8-18(15(12)10-17(20)21)16(19)11-23-14-7-3-6-13(9-14)22-2/h3,6-7,9,12,15H,4-5,8,10-11H2,1-2H3,(H,20,21). The summed E-state index contributed by atoms with van der Waals surface area (Å²) in [5, 5.41) is 9.07. The van der Waals surface area contributed by atoms with Gasteiger partial charge in [-0.3, -0.25) is 9.59 Å². The third-order valence-electron chi connectivity index (χ3n) is 4.22. The van der Waals surface area contributed by atoms with E-state index >= 15 is 0 Å². The van der Waals surface area contributed by atoms with Gasteiger partial charge in [0.1, 0.15) is 11.5 Å². The van der Waals surface area contributed by atoms with Gasteiger partial charge in [0.25, 0.3) is 5.91 Å². The first kappa shape index (κ1) is 17.1. The van der Waals surface area contributed by atoms with Crippen LogP contribution in [0.5, 0.6) is 11.5 Å². The van der Waals surface area contributed by atoms with Crippen LogP contribution in [0.15, 0.2) is 24.3 Å². The molecule has 2 atom stereocenters. The number of carbonyl (C=O) groups is 2. The number of likely N-dealkylation sites (tertiary alicyclic amines) is 1. The Hall–Kier alpha value is -2.24. The van der Waals surface area contributed by atoms with Gasteiger partial charge in [0, 0.05) is 18.7 Å². The van der Waals surface area contributed by atoms with Gasteiger partial charge in [-0.1, -0.05) is 13.0 Å². The largest absolute Gasteiger partial charge is 0.497 e. The van der Waals surface area contributed by atoms with E-state index in [-0.39, 0.29) is 30.9 Å². The predicted molar refractivity (Wildman–Crippen MR) is 84.6 cm³/mol. The van der Waals surface area contributed by atoms with Crippen molar-refractivity contribution in [2.24, 2.45) is 5.92 Å². The van der Waals surface area contributed by atoms with Crippen molar-refractivity contribution in [2.45, 2.75) is 32.2 Å². The highest BCUT2D eigenvalue weighted by Gasteiger charge is 2.33. The van der Waals surface area contributed by atoms with Crippen LogP contribution in [0.4, 0.5) is 0 Å². The maximum Gasteiger partial charge on any atom is 0.305 e. The zero-order valence-corrected chi connectivity index (χ0v) is 13.5. The molecule has 0 bridgehead atoms. The average Bonchev–Trinajstić information content (AvgIpc) is 2.54. The van der Waals surface area contributed by atoms with Gasteiger partial charge in [0.2, 0.25) is 0 Å². The lowest BCUT2D eigenvalue weighted by atomic mass is 9.88. The van der Waals surface area contributed by atoms with Crippen LogP contribution in [0.1, 0.15) is 26.2 Å². The van der Waals surface area contributed by atoms with E-state index in [0.29, 0.717) is 18.0 Å². The molecule has 1 aliphatic heterocycles. The molecule has 6 heteroatoms. The van der Waals surface area contributed by atoms with Gasteiger partial charge in [-0.05, 0) is 30.9 Å². The van der Waals surface area contributed by atoms with Crippen molar-refractivity contribution in [3.63, 3.8) is 0 Å². The van der Waals surface area contributed by atoms with Crippen LogP contribution < -0.4 is 9.47 Å². The van der Waals surface area contributed by atoms with Gasteiger partial charge >= 0.3 is 5.97 Å². The highest BCUT2D eigenvalue weighted by Crippen LogP contribution is 2.26. The number of carbonyl (C=O) groups excluding carboxylic acids is 1. The number of carboxylic acids is 1. The molecule has 1 saturated heterocycles. The number of methoxy groups -OCH3 is 1. The summed E-state index contributed by atoms with van der Waals surface area (Å²) in [6, 6.07) is 6.78. The molecule has 0 spiro atoms. The molecule has 0 aromatic heterocycles. The number of hydrogen-bond acceptors (Lipinski definition) is 4. The molecule has 1 N–H and O–H groups in total. The first-order valence-corrected chi connectivity index (χ1v) is 7.79. The van der Waals surface area contributed by atoms with Gasteiger partial charge in [-0.15, -0.1) is 0 Å². The summed E-state index contributed by atoms with van der Waals surface area (Å²) in [4.78, 5) is 25.1. The van der Waals surface area contributed by atoms with E-state index in [1.807, 2.05) is 6.92 Å². The molecule has 0 aliphatic carbocycles. The molecule has 126 valence electrons. The number of carboxylic acid groups (broad SMARTS) is 1. The van der Waals surface area contributed by atoms with E-state index in [2.05, 4.69) is 0 Å². The zero-order chi connectivity index (χ0) is 16.8. The first-order chi connectivity index (χ1) is 11.0. The summed E-state index contributed by atoms with van der Waals surface area (Å²) >= 11 is 0. The van der Waals surface area contributed by atoms with E-state index < -0.39 is 5.97 Å². The average molecular weight is 321 g/mol. The molecule has 2 rings (SSSR count). The Kier molecular flexibility index (Phi) is 5.84. The van der Waals surface area contributed by atoms with Crippen molar-refractivity contribution in [3.05, 3.63) is 24.3 Å². The molecule has 1 heterocycles. The Labute approximate surface area is 136 Å². The summed E-state index contributed by atoms with van der Waals surface area (Å²) in [6.07, 6.45) is 1.81.